The van der Waals surface area contributed by atoms with Gasteiger partial charge in [-0.25, -0.2) is 9.18 Å². The second-order valence-electron chi connectivity index (χ2n) is 4.42. The predicted molar refractivity (Wildman–Crippen MR) is 78.3 cm³/mol. The Labute approximate surface area is 122 Å². The van der Waals surface area contributed by atoms with Gasteiger partial charge < -0.3 is 10.6 Å². The zero-order chi connectivity index (χ0) is 15.1. The number of urea groups is 1. The highest BCUT2D eigenvalue weighted by Crippen LogP contribution is 2.13. The number of para-hydroxylation sites is 1. The molecule has 0 radical (unpaired) electrons. The number of amides is 2. The summed E-state index contributed by atoms with van der Waals surface area (Å²) in [4.78, 5) is 11.7. The van der Waals surface area contributed by atoms with Gasteiger partial charge in [-0.2, -0.15) is 5.26 Å². The van der Waals surface area contributed by atoms with Crippen molar-refractivity contribution in [2.45, 2.75) is 6.42 Å². The van der Waals surface area contributed by atoms with Gasteiger partial charge in [0.25, 0.3) is 0 Å². The minimum absolute atomic E-state index is 0.292. The quantitative estimate of drug-likeness (QED) is 0.905. The van der Waals surface area contributed by atoms with Crippen molar-refractivity contribution in [3.8, 4) is 6.07 Å². The predicted octanol–water partition coefficient (Wildman–Crippen LogP) is 3.06. The lowest BCUT2D eigenvalue weighted by molar-refractivity contribution is 0.252. The summed E-state index contributed by atoms with van der Waals surface area (Å²) in [7, 11) is 0. The van der Waals surface area contributed by atoms with Crippen molar-refractivity contribution in [2.75, 3.05) is 11.9 Å². The number of rotatable bonds is 4. The van der Waals surface area contributed by atoms with Gasteiger partial charge in [0, 0.05) is 6.54 Å². The normalized spacial score (nSPS) is 9.71. The summed E-state index contributed by atoms with van der Waals surface area (Å²) in [6, 6.07) is 14.6. The summed E-state index contributed by atoms with van der Waals surface area (Å²) < 4.78 is 13.0. The molecule has 0 spiro atoms. The maximum atomic E-state index is 13.0. The molecular formula is C16H14FN3O. The second-order valence-corrected chi connectivity index (χ2v) is 4.42. The van der Waals surface area contributed by atoms with Gasteiger partial charge in [0.2, 0.25) is 0 Å². The molecule has 0 saturated carbocycles. The van der Waals surface area contributed by atoms with E-state index in [1.807, 2.05) is 6.07 Å². The van der Waals surface area contributed by atoms with Gasteiger partial charge in [0.05, 0.1) is 11.3 Å². The van der Waals surface area contributed by atoms with Crippen LogP contribution in [0.2, 0.25) is 0 Å². The summed E-state index contributed by atoms with van der Waals surface area (Å²) in [6.45, 7) is 0.379. The highest BCUT2D eigenvalue weighted by Gasteiger charge is 2.05. The number of nitrogens with one attached hydrogen (secondary N) is 2. The molecule has 0 aromatic heterocycles. The molecule has 0 bridgehead atoms. The fourth-order valence-electron chi connectivity index (χ4n) is 1.87. The molecule has 0 aliphatic heterocycles. The molecule has 2 aromatic rings. The molecule has 2 amide bonds. The molecule has 0 aliphatic carbocycles. The molecule has 5 heteroatoms. The lowest BCUT2D eigenvalue weighted by Crippen LogP contribution is -2.30. The van der Waals surface area contributed by atoms with Crippen molar-refractivity contribution >= 4 is 11.7 Å². The van der Waals surface area contributed by atoms with Crippen LogP contribution in [-0.2, 0) is 6.42 Å². The van der Waals surface area contributed by atoms with Gasteiger partial charge in [0.15, 0.2) is 0 Å². The SMILES string of the molecule is N#Cc1ccccc1NC(=O)NCCc1cccc(F)c1. The highest BCUT2D eigenvalue weighted by atomic mass is 19.1. The molecule has 0 atom stereocenters. The van der Waals surface area contributed by atoms with E-state index < -0.39 is 6.03 Å². The Balaban J connectivity index is 1.84. The van der Waals surface area contributed by atoms with E-state index in [0.717, 1.165) is 5.56 Å². The smallest absolute Gasteiger partial charge is 0.319 e. The summed E-state index contributed by atoms with van der Waals surface area (Å²) in [5.41, 5.74) is 1.67. The Kier molecular flexibility index (Phi) is 4.89. The zero-order valence-electron chi connectivity index (χ0n) is 11.3. The lowest BCUT2D eigenvalue weighted by Gasteiger charge is -2.08. The number of anilines is 1. The number of hydrogen-bond donors (Lipinski definition) is 2. The molecule has 2 rings (SSSR count). The average Bonchev–Trinajstić information content (AvgIpc) is 2.48. The van der Waals surface area contributed by atoms with Crippen LogP contribution in [0.15, 0.2) is 48.5 Å². The van der Waals surface area contributed by atoms with E-state index in [2.05, 4.69) is 10.6 Å². The van der Waals surface area contributed by atoms with Crippen molar-refractivity contribution in [2.24, 2.45) is 0 Å². The van der Waals surface area contributed by atoms with Crippen molar-refractivity contribution < 1.29 is 9.18 Å². The third-order valence-corrected chi connectivity index (χ3v) is 2.88. The molecule has 0 unspecified atom stereocenters. The first-order chi connectivity index (χ1) is 10.2. The van der Waals surface area contributed by atoms with Gasteiger partial charge in [-0.1, -0.05) is 24.3 Å². The number of carbonyl (C=O) groups is 1. The van der Waals surface area contributed by atoms with E-state index in [1.165, 1.54) is 12.1 Å². The zero-order valence-corrected chi connectivity index (χ0v) is 11.3. The summed E-state index contributed by atoms with van der Waals surface area (Å²) in [5.74, 6) is -0.292. The molecule has 0 saturated heterocycles. The summed E-state index contributed by atoms with van der Waals surface area (Å²) in [6.07, 6.45) is 0.533. The Morgan fingerprint density at radius 2 is 2.00 bits per heavy atom. The van der Waals surface area contributed by atoms with Crippen LogP contribution in [0.3, 0.4) is 0 Å². The summed E-state index contributed by atoms with van der Waals surface area (Å²) >= 11 is 0. The van der Waals surface area contributed by atoms with E-state index in [-0.39, 0.29) is 5.82 Å². The van der Waals surface area contributed by atoms with Crippen molar-refractivity contribution in [1.29, 1.82) is 5.26 Å². The number of nitriles is 1. The van der Waals surface area contributed by atoms with Crippen LogP contribution in [-0.4, -0.2) is 12.6 Å². The molecule has 2 N–H and O–H groups in total. The monoisotopic (exact) mass is 283 g/mol. The van der Waals surface area contributed by atoms with Crippen LogP contribution < -0.4 is 10.6 Å². The first-order valence-electron chi connectivity index (χ1n) is 6.47. The Hall–Kier alpha value is -2.87. The molecule has 0 aliphatic rings. The highest BCUT2D eigenvalue weighted by molar-refractivity contribution is 5.90. The van der Waals surface area contributed by atoms with E-state index in [4.69, 9.17) is 5.26 Å². The molecule has 2 aromatic carbocycles. The summed E-state index contributed by atoms with van der Waals surface area (Å²) in [5, 5.41) is 14.2. The van der Waals surface area contributed by atoms with E-state index in [0.29, 0.717) is 24.2 Å². The van der Waals surface area contributed by atoms with Crippen LogP contribution in [0, 0.1) is 17.1 Å². The molecule has 106 valence electrons. The van der Waals surface area contributed by atoms with Gasteiger partial charge >= 0.3 is 6.03 Å². The molecule has 0 fully saturated rings. The number of hydrogen-bond acceptors (Lipinski definition) is 2. The molecule has 21 heavy (non-hydrogen) atoms. The molecular weight excluding hydrogens is 269 g/mol. The Bertz CT molecular complexity index is 679. The topological polar surface area (TPSA) is 64.9 Å². The van der Waals surface area contributed by atoms with Crippen molar-refractivity contribution in [1.82, 2.24) is 5.32 Å². The fraction of sp³-hybridized carbons (Fsp3) is 0.125. The Morgan fingerprint density at radius 3 is 2.76 bits per heavy atom. The first kappa shape index (κ1) is 14.5. The van der Waals surface area contributed by atoms with E-state index in [1.54, 1.807) is 36.4 Å². The lowest BCUT2D eigenvalue weighted by atomic mass is 10.1. The minimum Gasteiger partial charge on any atom is -0.338 e. The second kappa shape index (κ2) is 7.06. The number of benzene rings is 2. The molecule has 0 heterocycles. The van der Waals surface area contributed by atoms with Crippen LogP contribution in [0.1, 0.15) is 11.1 Å². The van der Waals surface area contributed by atoms with Gasteiger partial charge in [-0.15, -0.1) is 0 Å². The fourth-order valence-corrected chi connectivity index (χ4v) is 1.87. The van der Waals surface area contributed by atoms with Crippen LogP contribution in [0.25, 0.3) is 0 Å². The maximum Gasteiger partial charge on any atom is 0.319 e. The van der Waals surface area contributed by atoms with E-state index in [9.17, 15) is 9.18 Å². The van der Waals surface area contributed by atoms with E-state index >= 15 is 0 Å². The average molecular weight is 283 g/mol. The first-order valence-corrected chi connectivity index (χ1v) is 6.47. The third-order valence-electron chi connectivity index (χ3n) is 2.88. The van der Waals surface area contributed by atoms with Crippen molar-refractivity contribution in [3.05, 3.63) is 65.5 Å². The standard InChI is InChI=1S/C16H14FN3O/c17-14-6-3-4-12(10-14)8-9-19-16(21)20-15-7-2-1-5-13(15)11-18/h1-7,10H,8-9H2,(H2,19,20,21). The minimum atomic E-state index is -0.394. The largest absolute Gasteiger partial charge is 0.338 e. The third kappa shape index (κ3) is 4.32. The maximum absolute atomic E-state index is 13.0. The number of halogens is 1. The van der Waals surface area contributed by atoms with Gasteiger partial charge in [-0.3, -0.25) is 0 Å². The van der Waals surface area contributed by atoms with Crippen LogP contribution in [0.5, 0.6) is 0 Å². The molecule has 4 nitrogen and oxygen atoms in total. The number of nitrogens with zero attached hydrogens (tertiary/aromatic N) is 1. The van der Waals surface area contributed by atoms with Gasteiger partial charge in [-0.05, 0) is 36.2 Å². The van der Waals surface area contributed by atoms with Crippen LogP contribution in [0.4, 0.5) is 14.9 Å². The Morgan fingerprint density at radius 1 is 1.19 bits per heavy atom. The van der Waals surface area contributed by atoms with Crippen LogP contribution >= 0.6 is 0 Å². The van der Waals surface area contributed by atoms with Gasteiger partial charge in [0.1, 0.15) is 11.9 Å². The number of carbonyl (C=O) groups excluding carboxylic acids is 1. The van der Waals surface area contributed by atoms with Crippen molar-refractivity contribution in [3.63, 3.8) is 0 Å².